The van der Waals surface area contributed by atoms with Crippen molar-refractivity contribution in [3.63, 3.8) is 0 Å². The van der Waals surface area contributed by atoms with Crippen LogP contribution in [0.1, 0.15) is 24.1 Å². The maximum atomic E-state index is 9.67. The average Bonchev–Trinajstić information content (AvgIpc) is 3.03. The van der Waals surface area contributed by atoms with Crippen LogP contribution in [0.2, 0.25) is 0 Å². The molecular weight excluding hydrogens is 1180 g/mol. The van der Waals surface area contributed by atoms with Crippen molar-refractivity contribution in [2.24, 2.45) is 0 Å². The van der Waals surface area contributed by atoms with Gasteiger partial charge in [0.25, 0.3) is 0 Å². The predicted molar refractivity (Wildman–Crippen MR) is 240 cm³/mol. The van der Waals surface area contributed by atoms with Crippen LogP contribution in [0.5, 0.6) is 0 Å². The van der Waals surface area contributed by atoms with Crippen molar-refractivity contribution in [2.75, 3.05) is 12.4 Å². The van der Waals surface area contributed by atoms with Gasteiger partial charge in [-0.05, 0) is 207 Å². The van der Waals surface area contributed by atoms with Gasteiger partial charge >= 0.3 is 13.2 Å². The fourth-order valence-corrected chi connectivity index (χ4v) is 4.52. The lowest BCUT2D eigenvalue weighted by Crippen LogP contribution is -3.00. The zero-order valence-electron chi connectivity index (χ0n) is 25.9. The summed E-state index contributed by atoms with van der Waals surface area (Å²) in [4.78, 5) is 3.01. The molecule has 0 atom stereocenters. The van der Waals surface area contributed by atoms with E-state index in [4.69, 9.17) is 5.39 Å². The molecule has 0 aliphatic rings. The Labute approximate surface area is 352 Å². The summed E-state index contributed by atoms with van der Waals surface area (Å²) >= 11 is 11.4. The van der Waals surface area contributed by atoms with Gasteiger partial charge < -0.3 is 10.0 Å². The van der Waals surface area contributed by atoms with Crippen LogP contribution in [0.25, 0.3) is 4.98 Å². The number of rotatable bonds is 1. The summed E-state index contributed by atoms with van der Waals surface area (Å²) in [5, 5.41) is 11.3. The molecule has 0 unspecified atom stereocenters. The normalized spacial score (nSPS) is 8.48. The standard InChI is InChI=1S/C7H8IN.3C7H7I.C6H4IN2.CH4.BF3.FH/c1-9-7-4-2-6(8)3-5-7;3*1-6-2-4-7(8)5-3-6;7-5-1-3-6(9-8)4-2-5;;2-1(3)4;/h2-5,9H,1H3;3*2-5H,1H3;1-4H;1H4;;1H/q;;;;+1;;;/p-1. The van der Waals surface area contributed by atoms with E-state index in [0.717, 1.165) is 9.26 Å². The molecule has 0 aliphatic heterocycles. The van der Waals surface area contributed by atoms with Gasteiger partial charge in [0.2, 0.25) is 5.39 Å². The number of hydrogen-bond acceptors (Lipinski definition) is 2. The van der Waals surface area contributed by atoms with E-state index in [9.17, 15) is 12.9 Å². The number of anilines is 1. The average molecular weight is 1220 g/mol. The first-order valence-corrected chi connectivity index (χ1v) is 18.8. The lowest BCUT2D eigenvalue weighted by Gasteiger charge is -1.96. The summed E-state index contributed by atoms with van der Waals surface area (Å²) in [5.74, 6) is 0. The van der Waals surface area contributed by atoms with E-state index in [1.165, 1.54) is 31.0 Å². The van der Waals surface area contributed by atoms with Gasteiger partial charge in [-0.3, -0.25) is 12.9 Å². The van der Waals surface area contributed by atoms with Crippen molar-refractivity contribution in [3.05, 3.63) is 161 Å². The van der Waals surface area contributed by atoms with E-state index in [1.807, 2.05) is 19.2 Å². The lowest BCUT2D eigenvalue weighted by molar-refractivity contribution is -0.0000122. The highest BCUT2D eigenvalue weighted by molar-refractivity contribution is 14.1. The maximum absolute atomic E-state index is 9.67. The molecule has 0 amide bonds. The first kappa shape index (κ1) is 51.1. The fourth-order valence-electron chi connectivity index (χ4n) is 2.72. The number of nitrogens with one attached hydrogen (secondary N) is 1. The van der Waals surface area contributed by atoms with Crippen LogP contribution < -0.4 is 10.0 Å². The van der Waals surface area contributed by atoms with Gasteiger partial charge in [-0.2, -0.15) is 0 Å². The minimum absolute atomic E-state index is 0. The van der Waals surface area contributed by atoms with Crippen LogP contribution in [-0.2, 0) is 0 Å². The van der Waals surface area contributed by atoms with Crippen LogP contribution in [0.15, 0.2) is 121 Å². The van der Waals surface area contributed by atoms with Crippen molar-refractivity contribution < 1.29 is 17.7 Å². The molecule has 0 spiro atoms. The quantitative estimate of drug-likeness (QED) is 0.0786. The second kappa shape index (κ2) is 31.7. The zero-order chi connectivity index (χ0) is 34.9. The Morgan fingerprint density at radius 2 is 0.708 bits per heavy atom. The van der Waals surface area contributed by atoms with Crippen LogP contribution in [0, 0.1) is 44.0 Å². The van der Waals surface area contributed by atoms with Crippen molar-refractivity contribution in [1.82, 2.24) is 0 Å². The maximum Gasteiger partial charge on any atom is 0.762 e. The van der Waals surface area contributed by atoms with Gasteiger partial charge in [-0.25, -0.2) is 0 Å². The molecule has 0 heterocycles. The largest absolute Gasteiger partial charge is 1.00 e. The molecule has 5 aromatic rings. The number of nitrogens with zero attached hydrogens (tertiary/aromatic N) is 2. The number of diazo groups is 1. The fraction of sp³-hybridized carbons (Fsp3) is 0.143. The van der Waals surface area contributed by atoms with Gasteiger partial charge in [0.1, 0.15) is 0 Å². The smallest absolute Gasteiger partial charge is 0.762 e. The van der Waals surface area contributed by atoms with E-state index in [0.29, 0.717) is 5.69 Å². The molecule has 1 N–H and O–H groups in total. The van der Waals surface area contributed by atoms with E-state index in [-0.39, 0.29) is 12.1 Å². The second-order valence-electron chi connectivity index (χ2n) is 8.97. The van der Waals surface area contributed by atoms with E-state index < -0.39 is 7.54 Å². The Morgan fingerprint density at radius 3 is 0.896 bits per heavy atom. The Hall–Kier alpha value is -1.25. The molecule has 3 nitrogen and oxygen atoms in total. The van der Waals surface area contributed by atoms with Crippen molar-refractivity contribution >= 4 is 132 Å². The molecule has 13 heteroatoms. The van der Waals surface area contributed by atoms with E-state index >= 15 is 0 Å². The monoisotopic (exact) mass is 1220 g/mol. The van der Waals surface area contributed by atoms with Gasteiger partial charge in [0.05, 0.1) is 0 Å². The van der Waals surface area contributed by atoms with Crippen molar-refractivity contribution in [2.45, 2.75) is 28.2 Å². The van der Waals surface area contributed by atoms with Gasteiger partial charge in [-0.15, -0.1) is 0 Å². The predicted octanol–water partition coefficient (Wildman–Crippen LogP) is 11.4. The highest BCUT2D eigenvalue weighted by atomic mass is 127. The minimum Gasteiger partial charge on any atom is -1.00 e. The minimum atomic E-state index is -3.67. The molecule has 5 aromatic carbocycles. The topological polar surface area (TPSA) is 40.2 Å². The first-order chi connectivity index (χ1) is 21.7. The first-order valence-electron chi connectivity index (χ1n) is 13.4. The van der Waals surface area contributed by atoms with E-state index in [2.05, 4.69) is 241 Å². The second-order valence-corrected chi connectivity index (χ2v) is 15.2. The summed E-state index contributed by atoms with van der Waals surface area (Å²) in [6.45, 7) is 6.28. The molecule has 5 rings (SSSR count). The third-order valence-corrected chi connectivity index (χ3v) is 8.70. The summed E-state index contributed by atoms with van der Waals surface area (Å²) in [5.41, 5.74) is 5.73. The summed E-state index contributed by atoms with van der Waals surface area (Å²) < 4.78 is 35.3. The van der Waals surface area contributed by atoms with Crippen LogP contribution in [0.4, 0.5) is 24.3 Å². The summed E-state index contributed by atoms with van der Waals surface area (Å²) in [6.07, 6.45) is 0. The molecule has 0 fully saturated rings. The zero-order valence-corrected chi connectivity index (χ0v) is 36.7. The van der Waals surface area contributed by atoms with Crippen molar-refractivity contribution in [1.29, 1.82) is 5.39 Å². The molecule has 0 aromatic heterocycles. The number of aryl methyl sites for hydroxylation is 3. The van der Waals surface area contributed by atoms with E-state index in [1.54, 1.807) is 12.1 Å². The summed E-state index contributed by atoms with van der Waals surface area (Å²) in [7, 11) is -1.75. The van der Waals surface area contributed by atoms with Crippen LogP contribution in [-0.4, -0.2) is 14.6 Å². The lowest BCUT2D eigenvalue weighted by atomic mass is 10.2. The summed E-state index contributed by atoms with van der Waals surface area (Å²) in [6, 6.07) is 40.9. The van der Waals surface area contributed by atoms with Gasteiger partial charge in [0.15, 0.2) is 4.98 Å². The SMILES string of the molecule is C.CNc1ccc(I)cc1.Cc1ccc(I)cc1.Cc1ccc(I)cc1.Cc1ccc(I)cc1.FB(F)F.N#[N+]c1ccc(I)cc1.[F-]. The number of halogens is 9. The molecule has 0 saturated carbocycles. The molecule has 0 aliphatic carbocycles. The molecule has 0 radical (unpaired) electrons. The van der Waals surface area contributed by atoms with Crippen molar-refractivity contribution in [3.8, 4) is 0 Å². The number of hydrogen-bond donors (Lipinski definition) is 1. The Balaban J connectivity index is -0.000000508. The number of benzene rings is 5. The Morgan fingerprint density at radius 1 is 0.500 bits per heavy atom. The Kier molecular flexibility index (Phi) is 33.8. The molecule has 48 heavy (non-hydrogen) atoms. The van der Waals surface area contributed by atoms with Gasteiger partial charge in [-0.1, -0.05) is 60.5 Å². The van der Waals surface area contributed by atoms with Crippen LogP contribution >= 0.6 is 113 Å². The third-order valence-electron chi connectivity index (χ3n) is 5.11. The molecule has 0 saturated heterocycles. The highest BCUT2D eigenvalue weighted by Crippen LogP contribution is 2.13. The highest BCUT2D eigenvalue weighted by Gasteiger charge is 2.06. The molecule has 258 valence electrons. The third kappa shape index (κ3) is 30.8. The molecular formula is C35H37BF4I5N3. The Bertz CT molecular complexity index is 1350. The van der Waals surface area contributed by atoms with Gasteiger partial charge in [0, 0.05) is 42.7 Å². The van der Waals surface area contributed by atoms with Crippen LogP contribution in [0.3, 0.4) is 0 Å². The molecule has 0 bridgehead atoms.